The number of benzene rings is 1. The van der Waals surface area contributed by atoms with Crippen LogP contribution in [-0.4, -0.2) is 23.7 Å². The average molecular weight is 253 g/mol. The number of halogens is 1. The number of anilines is 1. The van der Waals surface area contributed by atoms with E-state index in [2.05, 4.69) is 5.32 Å². The number of hydrogen-bond acceptors (Lipinski definition) is 3. The summed E-state index contributed by atoms with van der Waals surface area (Å²) in [5, 5.41) is 1.62. The molecule has 2 rings (SSSR count). The molecular weight excluding hydrogens is 244 g/mol. The number of rotatable bonds is 2. The lowest BCUT2D eigenvalue weighted by molar-refractivity contribution is -0.120. The number of carbonyl (C=O) groups excluding carboxylic acids is 3. The SMILES string of the molecule is O=C1CCN(c2cccc(C(=O)Cl)c2)C(=O)N1. The Morgan fingerprint density at radius 2 is 2.12 bits per heavy atom. The molecule has 0 spiro atoms. The van der Waals surface area contributed by atoms with E-state index >= 15 is 0 Å². The van der Waals surface area contributed by atoms with Gasteiger partial charge in [-0.1, -0.05) is 6.07 Å². The summed E-state index contributed by atoms with van der Waals surface area (Å²) in [5.41, 5.74) is 0.857. The topological polar surface area (TPSA) is 66.5 Å². The molecule has 88 valence electrons. The molecule has 17 heavy (non-hydrogen) atoms. The van der Waals surface area contributed by atoms with Crippen LogP contribution in [0.4, 0.5) is 10.5 Å². The van der Waals surface area contributed by atoms with Crippen LogP contribution in [-0.2, 0) is 4.79 Å². The Bertz CT molecular complexity index is 501. The van der Waals surface area contributed by atoms with Gasteiger partial charge in [0.15, 0.2) is 0 Å². The van der Waals surface area contributed by atoms with Crippen LogP contribution in [0.2, 0.25) is 0 Å². The molecule has 1 fully saturated rings. The summed E-state index contributed by atoms with van der Waals surface area (Å²) in [6.07, 6.45) is 0.241. The van der Waals surface area contributed by atoms with Crippen molar-refractivity contribution < 1.29 is 14.4 Å². The first kappa shape index (κ1) is 11.6. The molecule has 5 nitrogen and oxygen atoms in total. The van der Waals surface area contributed by atoms with Crippen LogP contribution in [0.5, 0.6) is 0 Å². The van der Waals surface area contributed by atoms with Crippen molar-refractivity contribution in [2.45, 2.75) is 6.42 Å². The van der Waals surface area contributed by atoms with Crippen molar-refractivity contribution in [1.29, 1.82) is 0 Å². The number of amides is 3. The molecule has 3 amide bonds. The molecule has 1 saturated heterocycles. The van der Waals surface area contributed by atoms with Crippen molar-refractivity contribution in [1.82, 2.24) is 5.32 Å². The van der Waals surface area contributed by atoms with Gasteiger partial charge in [-0.05, 0) is 29.8 Å². The Morgan fingerprint density at radius 3 is 2.76 bits per heavy atom. The number of nitrogens with zero attached hydrogens (tertiary/aromatic N) is 1. The van der Waals surface area contributed by atoms with E-state index in [1.165, 1.54) is 11.0 Å². The van der Waals surface area contributed by atoms with Gasteiger partial charge >= 0.3 is 6.03 Å². The minimum absolute atomic E-state index is 0.241. The molecule has 1 aromatic carbocycles. The molecule has 0 aliphatic carbocycles. The van der Waals surface area contributed by atoms with Gasteiger partial charge in [0.1, 0.15) is 0 Å². The first-order chi connectivity index (χ1) is 8.08. The van der Waals surface area contributed by atoms with Crippen molar-refractivity contribution in [2.24, 2.45) is 0 Å². The zero-order valence-corrected chi connectivity index (χ0v) is 9.53. The highest BCUT2D eigenvalue weighted by molar-refractivity contribution is 6.67. The van der Waals surface area contributed by atoms with Crippen molar-refractivity contribution in [3.8, 4) is 0 Å². The van der Waals surface area contributed by atoms with Crippen molar-refractivity contribution in [3.05, 3.63) is 29.8 Å². The van der Waals surface area contributed by atoms with Crippen LogP contribution in [0.15, 0.2) is 24.3 Å². The zero-order valence-electron chi connectivity index (χ0n) is 8.77. The van der Waals surface area contributed by atoms with Crippen LogP contribution in [0, 0.1) is 0 Å². The molecule has 6 heteroatoms. The summed E-state index contributed by atoms with van der Waals surface area (Å²) in [4.78, 5) is 35.0. The highest BCUT2D eigenvalue weighted by Gasteiger charge is 2.24. The monoisotopic (exact) mass is 252 g/mol. The van der Waals surface area contributed by atoms with E-state index < -0.39 is 11.3 Å². The van der Waals surface area contributed by atoms with Gasteiger partial charge in [-0.3, -0.25) is 19.8 Å². The van der Waals surface area contributed by atoms with Crippen LogP contribution in [0.1, 0.15) is 16.8 Å². The van der Waals surface area contributed by atoms with Gasteiger partial charge in [0, 0.05) is 24.2 Å². The standard InChI is InChI=1S/C11H9ClN2O3/c12-10(16)7-2-1-3-8(6-7)14-5-4-9(15)13-11(14)17/h1-3,6H,4-5H2,(H,13,15,17). The molecule has 1 aromatic rings. The predicted molar refractivity (Wildman–Crippen MR) is 62.1 cm³/mol. The van der Waals surface area contributed by atoms with E-state index in [0.717, 1.165) is 0 Å². The Balaban J connectivity index is 2.28. The quantitative estimate of drug-likeness (QED) is 0.812. The summed E-state index contributed by atoms with van der Waals surface area (Å²) < 4.78 is 0. The summed E-state index contributed by atoms with van der Waals surface area (Å²) in [7, 11) is 0. The lowest BCUT2D eigenvalue weighted by Gasteiger charge is -2.26. The van der Waals surface area contributed by atoms with Gasteiger partial charge in [0.25, 0.3) is 5.24 Å². The highest BCUT2D eigenvalue weighted by Crippen LogP contribution is 2.19. The van der Waals surface area contributed by atoms with Crippen molar-refractivity contribution in [3.63, 3.8) is 0 Å². The van der Waals surface area contributed by atoms with Gasteiger partial charge in [-0.15, -0.1) is 0 Å². The molecule has 0 atom stereocenters. The Labute approximate surface area is 102 Å². The van der Waals surface area contributed by atoms with Crippen LogP contribution >= 0.6 is 11.6 Å². The van der Waals surface area contributed by atoms with E-state index in [0.29, 0.717) is 17.8 Å². The molecule has 1 heterocycles. The molecule has 0 aromatic heterocycles. The number of nitrogens with one attached hydrogen (secondary N) is 1. The Hall–Kier alpha value is -1.88. The van der Waals surface area contributed by atoms with E-state index in [1.54, 1.807) is 18.2 Å². The molecule has 0 saturated carbocycles. The Kier molecular flexibility index (Phi) is 3.10. The molecule has 1 aliphatic rings. The maximum absolute atomic E-state index is 11.6. The molecule has 0 bridgehead atoms. The van der Waals surface area contributed by atoms with E-state index in [-0.39, 0.29) is 12.3 Å². The lowest BCUT2D eigenvalue weighted by Crippen LogP contribution is -2.49. The van der Waals surface area contributed by atoms with Gasteiger partial charge in [-0.25, -0.2) is 4.79 Å². The molecule has 0 unspecified atom stereocenters. The molecule has 1 aliphatic heterocycles. The van der Waals surface area contributed by atoms with E-state index in [9.17, 15) is 14.4 Å². The summed E-state index contributed by atoms with van der Waals surface area (Å²) in [6.45, 7) is 0.296. The number of carbonyl (C=O) groups is 3. The second-order valence-electron chi connectivity index (χ2n) is 3.58. The fourth-order valence-electron chi connectivity index (χ4n) is 1.61. The predicted octanol–water partition coefficient (Wildman–Crippen LogP) is 1.51. The second kappa shape index (κ2) is 4.55. The van der Waals surface area contributed by atoms with Gasteiger partial charge in [-0.2, -0.15) is 0 Å². The third-order valence-electron chi connectivity index (χ3n) is 2.44. The number of imide groups is 1. The lowest BCUT2D eigenvalue weighted by atomic mass is 10.2. The molecule has 0 radical (unpaired) electrons. The van der Waals surface area contributed by atoms with Crippen LogP contribution in [0.3, 0.4) is 0 Å². The van der Waals surface area contributed by atoms with Crippen molar-refractivity contribution in [2.75, 3.05) is 11.4 Å². The molecule has 1 N–H and O–H groups in total. The van der Waals surface area contributed by atoms with Gasteiger partial charge < -0.3 is 0 Å². The number of hydrogen-bond donors (Lipinski definition) is 1. The molecular formula is C11H9ClN2O3. The Morgan fingerprint density at radius 1 is 1.35 bits per heavy atom. The third-order valence-corrected chi connectivity index (χ3v) is 2.66. The van der Waals surface area contributed by atoms with Gasteiger partial charge in [0.05, 0.1) is 0 Å². The first-order valence-corrected chi connectivity index (χ1v) is 5.37. The van der Waals surface area contributed by atoms with Crippen LogP contribution < -0.4 is 10.2 Å². The fraction of sp³-hybridized carbons (Fsp3) is 0.182. The van der Waals surface area contributed by atoms with Crippen LogP contribution in [0.25, 0.3) is 0 Å². The second-order valence-corrected chi connectivity index (χ2v) is 3.92. The zero-order chi connectivity index (χ0) is 12.4. The minimum Gasteiger partial charge on any atom is -0.294 e. The first-order valence-electron chi connectivity index (χ1n) is 4.99. The van der Waals surface area contributed by atoms with E-state index in [4.69, 9.17) is 11.6 Å². The van der Waals surface area contributed by atoms with Gasteiger partial charge in [0.2, 0.25) is 5.91 Å². The van der Waals surface area contributed by atoms with E-state index in [1.807, 2.05) is 0 Å². The minimum atomic E-state index is -0.583. The largest absolute Gasteiger partial charge is 0.328 e. The number of urea groups is 1. The maximum Gasteiger partial charge on any atom is 0.328 e. The summed E-state index contributed by atoms with van der Waals surface area (Å²) >= 11 is 5.36. The fourth-order valence-corrected chi connectivity index (χ4v) is 1.72. The van der Waals surface area contributed by atoms with Crippen molar-refractivity contribution >= 4 is 34.5 Å². The third kappa shape index (κ3) is 2.45. The summed E-state index contributed by atoms with van der Waals surface area (Å²) in [5.74, 6) is -0.296. The summed E-state index contributed by atoms with van der Waals surface area (Å²) in [6, 6.07) is 5.91. The maximum atomic E-state index is 11.6. The average Bonchev–Trinajstić information content (AvgIpc) is 2.29. The normalized spacial score (nSPS) is 15.7. The smallest absolute Gasteiger partial charge is 0.294 e. The highest BCUT2D eigenvalue weighted by atomic mass is 35.5.